The van der Waals surface area contributed by atoms with Gasteiger partial charge in [0.15, 0.2) is 0 Å². The van der Waals surface area contributed by atoms with Crippen LogP contribution in [0.2, 0.25) is 0 Å². The van der Waals surface area contributed by atoms with Crippen LogP contribution in [0.15, 0.2) is 24.3 Å². The lowest BCUT2D eigenvalue weighted by Gasteiger charge is -2.42. The number of hydrogen-bond donors (Lipinski definition) is 0. The third-order valence-electron chi connectivity index (χ3n) is 6.44. The molecule has 5 heteroatoms. The Labute approximate surface area is 155 Å². The lowest BCUT2D eigenvalue weighted by molar-refractivity contribution is -0.134. The summed E-state index contributed by atoms with van der Waals surface area (Å²) in [6.45, 7) is 8.84. The highest BCUT2D eigenvalue weighted by atomic mass is 19.1. The van der Waals surface area contributed by atoms with Crippen molar-refractivity contribution in [2.45, 2.75) is 51.1 Å². The fraction of sp³-hybridized carbons (Fsp3) is 0.667. The molecule has 0 N–H and O–H groups in total. The molecule has 3 aliphatic rings. The van der Waals surface area contributed by atoms with Crippen molar-refractivity contribution >= 4 is 11.6 Å². The summed E-state index contributed by atoms with van der Waals surface area (Å²) in [7, 11) is 0. The molecule has 1 aromatic carbocycles. The molecule has 3 saturated heterocycles. The first-order valence-corrected chi connectivity index (χ1v) is 9.99. The molecule has 0 aromatic heterocycles. The van der Waals surface area contributed by atoms with E-state index in [0.717, 1.165) is 44.7 Å². The van der Waals surface area contributed by atoms with Crippen LogP contribution < -0.4 is 4.90 Å². The molecule has 1 amide bonds. The number of carbonyl (C=O) groups is 1. The molecule has 1 aromatic rings. The highest BCUT2D eigenvalue weighted by Gasteiger charge is 2.48. The highest BCUT2D eigenvalue weighted by molar-refractivity contribution is 5.78. The fourth-order valence-electron chi connectivity index (χ4n) is 5.37. The molecule has 0 spiro atoms. The first kappa shape index (κ1) is 17.8. The summed E-state index contributed by atoms with van der Waals surface area (Å²) in [6.07, 6.45) is 4.45. The smallest absolute Gasteiger partial charge is 0.236 e. The van der Waals surface area contributed by atoms with Gasteiger partial charge in [-0.15, -0.1) is 0 Å². The van der Waals surface area contributed by atoms with Crippen molar-refractivity contribution in [3.8, 4) is 0 Å². The van der Waals surface area contributed by atoms with Crippen LogP contribution in [0, 0.1) is 11.7 Å². The second-order valence-corrected chi connectivity index (χ2v) is 8.81. The summed E-state index contributed by atoms with van der Waals surface area (Å²) < 4.78 is 13.8. The van der Waals surface area contributed by atoms with Gasteiger partial charge in [0.05, 0.1) is 6.54 Å². The Balaban J connectivity index is 1.46. The highest BCUT2D eigenvalue weighted by Crippen LogP contribution is 2.44. The SMILES string of the molecule is CC1(C)C[C@@H]2CN(C(=O)CN3CCCC3)CC[C@@H]2N1c1cccc(F)c1. The lowest BCUT2D eigenvalue weighted by Crippen LogP contribution is -2.51. The Morgan fingerprint density at radius 3 is 2.73 bits per heavy atom. The van der Waals surface area contributed by atoms with Gasteiger partial charge in [0, 0.05) is 30.4 Å². The van der Waals surface area contributed by atoms with Gasteiger partial charge in [0.2, 0.25) is 5.91 Å². The molecule has 0 bridgehead atoms. The Kier molecular flexibility index (Phi) is 4.68. The molecule has 0 unspecified atom stereocenters. The summed E-state index contributed by atoms with van der Waals surface area (Å²) >= 11 is 0. The number of halogens is 1. The van der Waals surface area contributed by atoms with Gasteiger partial charge in [-0.25, -0.2) is 4.39 Å². The quantitative estimate of drug-likeness (QED) is 0.830. The van der Waals surface area contributed by atoms with Crippen molar-refractivity contribution < 1.29 is 9.18 Å². The van der Waals surface area contributed by atoms with E-state index in [1.807, 2.05) is 6.07 Å². The lowest BCUT2D eigenvalue weighted by atomic mass is 9.89. The van der Waals surface area contributed by atoms with E-state index in [9.17, 15) is 9.18 Å². The molecule has 2 atom stereocenters. The minimum Gasteiger partial charge on any atom is -0.363 e. The molecule has 3 aliphatic heterocycles. The second kappa shape index (κ2) is 6.84. The molecule has 4 rings (SSSR count). The maximum atomic E-state index is 13.8. The molecular formula is C21H30FN3O. The van der Waals surface area contributed by atoms with Crippen LogP contribution in [0.1, 0.15) is 39.5 Å². The molecule has 26 heavy (non-hydrogen) atoms. The van der Waals surface area contributed by atoms with Crippen LogP contribution in [0.25, 0.3) is 0 Å². The average molecular weight is 359 g/mol. The van der Waals surface area contributed by atoms with Gasteiger partial charge < -0.3 is 9.80 Å². The number of fused-ring (bicyclic) bond motifs is 1. The Morgan fingerprint density at radius 1 is 1.23 bits per heavy atom. The summed E-state index contributed by atoms with van der Waals surface area (Å²) in [5.41, 5.74) is 0.955. The van der Waals surface area contributed by atoms with Crippen molar-refractivity contribution in [3.63, 3.8) is 0 Å². The fourth-order valence-corrected chi connectivity index (χ4v) is 5.37. The van der Waals surface area contributed by atoms with E-state index in [1.165, 1.54) is 18.9 Å². The van der Waals surface area contributed by atoms with E-state index in [2.05, 4.69) is 28.5 Å². The third-order valence-corrected chi connectivity index (χ3v) is 6.44. The number of hydrogen-bond acceptors (Lipinski definition) is 3. The second-order valence-electron chi connectivity index (χ2n) is 8.81. The van der Waals surface area contributed by atoms with Crippen molar-refractivity contribution in [2.24, 2.45) is 5.92 Å². The van der Waals surface area contributed by atoms with Crippen molar-refractivity contribution in [1.29, 1.82) is 0 Å². The molecule has 3 fully saturated rings. The Hall–Kier alpha value is -1.62. The van der Waals surface area contributed by atoms with E-state index in [-0.39, 0.29) is 17.3 Å². The van der Waals surface area contributed by atoms with Crippen LogP contribution in [0.3, 0.4) is 0 Å². The van der Waals surface area contributed by atoms with Gasteiger partial charge in [-0.2, -0.15) is 0 Å². The average Bonchev–Trinajstić information content (AvgIpc) is 3.17. The van der Waals surface area contributed by atoms with E-state index in [0.29, 0.717) is 18.5 Å². The number of anilines is 1. The van der Waals surface area contributed by atoms with E-state index >= 15 is 0 Å². The third kappa shape index (κ3) is 3.34. The number of piperidine rings is 1. The summed E-state index contributed by atoms with van der Waals surface area (Å²) in [5, 5.41) is 0. The number of amides is 1. The minimum atomic E-state index is -0.181. The van der Waals surface area contributed by atoms with Crippen LogP contribution in [0.5, 0.6) is 0 Å². The maximum Gasteiger partial charge on any atom is 0.236 e. The molecule has 0 radical (unpaired) electrons. The largest absolute Gasteiger partial charge is 0.363 e. The van der Waals surface area contributed by atoms with Gasteiger partial charge in [0.1, 0.15) is 5.82 Å². The van der Waals surface area contributed by atoms with Gasteiger partial charge in [-0.1, -0.05) is 6.07 Å². The normalized spacial score (nSPS) is 28.4. The molecule has 142 valence electrons. The first-order valence-electron chi connectivity index (χ1n) is 9.99. The molecule has 3 heterocycles. The number of benzene rings is 1. The molecule has 0 aliphatic carbocycles. The van der Waals surface area contributed by atoms with Crippen LogP contribution >= 0.6 is 0 Å². The van der Waals surface area contributed by atoms with Crippen LogP contribution in [0.4, 0.5) is 10.1 Å². The molecule has 0 saturated carbocycles. The molecule has 4 nitrogen and oxygen atoms in total. The standard InChI is InChI=1S/C21H30FN3O/c1-21(2)13-16-14-24(20(26)15-23-9-3-4-10-23)11-8-19(16)25(21)18-7-5-6-17(22)12-18/h5-7,12,16,19H,3-4,8-11,13-15H2,1-2H3/t16-,19+/m1/s1. The molecular weight excluding hydrogens is 329 g/mol. The summed E-state index contributed by atoms with van der Waals surface area (Å²) in [4.78, 5) is 19.5. The zero-order chi connectivity index (χ0) is 18.3. The van der Waals surface area contributed by atoms with Crippen molar-refractivity contribution in [1.82, 2.24) is 9.80 Å². The number of carbonyl (C=O) groups excluding carboxylic acids is 1. The van der Waals surface area contributed by atoms with Crippen LogP contribution in [-0.4, -0.2) is 60.0 Å². The van der Waals surface area contributed by atoms with Gasteiger partial charge in [-0.3, -0.25) is 9.69 Å². The first-order chi connectivity index (χ1) is 12.4. The van der Waals surface area contributed by atoms with Gasteiger partial charge in [0.25, 0.3) is 0 Å². The summed E-state index contributed by atoms with van der Waals surface area (Å²) in [6, 6.07) is 7.35. The van der Waals surface area contributed by atoms with Gasteiger partial charge in [-0.05, 0) is 76.7 Å². The monoisotopic (exact) mass is 359 g/mol. The van der Waals surface area contributed by atoms with Gasteiger partial charge >= 0.3 is 0 Å². The number of rotatable bonds is 3. The van der Waals surface area contributed by atoms with E-state index in [4.69, 9.17) is 0 Å². The number of likely N-dealkylation sites (tertiary alicyclic amines) is 2. The van der Waals surface area contributed by atoms with E-state index < -0.39 is 0 Å². The van der Waals surface area contributed by atoms with Crippen molar-refractivity contribution in [2.75, 3.05) is 37.6 Å². The zero-order valence-corrected chi connectivity index (χ0v) is 16.0. The van der Waals surface area contributed by atoms with Crippen LogP contribution in [-0.2, 0) is 4.79 Å². The zero-order valence-electron chi connectivity index (χ0n) is 16.0. The predicted octanol–water partition coefficient (Wildman–Crippen LogP) is 3.13. The number of nitrogens with zero attached hydrogens (tertiary/aromatic N) is 3. The van der Waals surface area contributed by atoms with Crippen molar-refractivity contribution in [3.05, 3.63) is 30.1 Å². The maximum absolute atomic E-state index is 13.8. The Bertz CT molecular complexity index is 671. The van der Waals surface area contributed by atoms with E-state index in [1.54, 1.807) is 12.1 Å². The topological polar surface area (TPSA) is 26.8 Å². The predicted molar refractivity (Wildman–Crippen MR) is 102 cm³/mol. The Morgan fingerprint density at radius 2 is 2.00 bits per heavy atom. The minimum absolute atomic E-state index is 0.0167. The summed E-state index contributed by atoms with van der Waals surface area (Å²) in [5.74, 6) is 0.567.